The van der Waals surface area contributed by atoms with E-state index >= 15 is 0 Å². The molecule has 0 spiro atoms. The fraction of sp³-hybridized carbons (Fsp3) is 0.250. The van der Waals surface area contributed by atoms with Gasteiger partial charge in [0.2, 0.25) is 11.2 Å². The van der Waals surface area contributed by atoms with Crippen LogP contribution < -0.4 is 10.2 Å². The van der Waals surface area contributed by atoms with Crippen LogP contribution in [-0.2, 0) is 5.41 Å². The van der Waals surface area contributed by atoms with Crippen molar-refractivity contribution in [2.24, 2.45) is 0 Å². The third-order valence-corrected chi connectivity index (χ3v) is 6.88. The van der Waals surface area contributed by atoms with Crippen molar-refractivity contribution in [3.8, 4) is 17.1 Å². The molecule has 5 rings (SSSR count). The van der Waals surface area contributed by atoms with Gasteiger partial charge in [0.15, 0.2) is 5.76 Å². The van der Waals surface area contributed by atoms with Crippen molar-refractivity contribution in [2.45, 2.75) is 53.0 Å². The first-order chi connectivity index (χ1) is 18.4. The number of nitrogens with zero attached hydrogens (tertiary/aromatic N) is 1. The number of ether oxygens (including phenoxy) is 1. The van der Waals surface area contributed by atoms with Gasteiger partial charge in [-0.15, -0.1) is 0 Å². The Kier molecular flexibility index (Phi) is 6.25. The number of hydrogen-bond donors (Lipinski definition) is 0. The zero-order valence-corrected chi connectivity index (χ0v) is 22.7. The highest BCUT2D eigenvalue weighted by Gasteiger charge is 2.37. The Hall–Kier alpha value is -4.52. The molecule has 0 saturated heterocycles. The molecule has 1 aliphatic heterocycles. The van der Waals surface area contributed by atoms with Crippen LogP contribution >= 0.6 is 0 Å². The summed E-state index contributed by atoms with van der Waals surface area (Å²) in [6.45, 7) is 11.7. The molecule has 0 unspecified atom stereocenters. The van der Waals surface area contributed by atoms with E-state index in [1.165, 1.54) is 18.2 Å². The minimum atomic E-state index is -0.840. The van der Waals surface area contributed by atoms with E-state index in [1.807, 2.05) is 31.2 Å². The third kappa shape index (κ3) is 4.54. The summed E-state index contributed by atoms with van der Waals surface area (Å²) in [5, 5.41) is 0.278. The van der Waals surface area contributed by atoms with Crippen LogP contribution in [0.1, 0.15) is 76.8 Å². The summed E-state index contributed by atoms with van der Waals surface area (Å²) in [6.07, 6.45) is 0. The van der Waals surface area contributed by atoms with E-state index < -0.39 is 23.2 Å². The van der Waals surface area contributed by atoms with Crippen LogP contribution in [0.4, 0.5) is 0 Å². The number of amides is 2. The Bertz CT molecular complexity index is 1720. The number of fused-ring (bicyclic) bond motifs is 2. The number of aryl methyl sites for hydroxylation is 1. The lowest BCUT2D eigenvalue weighted by Crippen LogP contribution is -2.35. The average molecular weight is 524 g/mol. The summed E-state index contributed by atoms with van der Waals surface area (Å²) in [5.74, 6) is -1.83. The topological polar surface area (TPSA) is 93.9 Å². The van der Waals surface area contributed by atoms with E-state index in [1.54, 1.807) is 32.0 Å². The summed E-state index contributed by atoms with van der Waals surface area (Å²) in [6, 6.07) is 16.6. The lowest BCUT2D eigenvalue weighted by atomic mass is 9.86. The zero-order valence-electron chi connectivity index (χ0n) is 22.7. The highest BCUT2D eigenvalue weighted by molar-refractivity contribution is 6.22. The second-order valence-electron chi connectivity index (χ2n) is 11.1. The third-order valence-electron chi connectivity index (χ3n) is 6.88. The maximum Gasteiger partial charge on any atom is 0.343 e. The minimum Gasteiger partial charge on any atom is -0.452 e. The largest absolute Gasteiger partial charge is 0.452 e. The second-order valence-corrected chi connectivity index (χ2v) is 11.1. The van der Waals surface area contributed by atoms with Crippen LogP contribution in [-0.4, -0.2) is 28.7 Å². The van der Waals surface area contributed by atoms with E-state index in [2.05, 4.69) is 20.8 Å². The van der Waals surface area contributed by atoms with Crippen LogP contribution in [0, 0.1) is 6.92 Å². The number of benzene rings is 3. The molecule has 0 fully saturated rings. The molecule has 39 heavy (non-hydrogen) atoms. The van der Waals surface area contributed by atoms with Gasteiger partial charge < -0.3 is 9.15 Å². The molecule has 198 valence electrons. The number of esters is 1. The number of rotatable bonds is 4. The molecule has 2 heterocycles. The van der Waals surface area contributed by atoms with Gasteiger partial charge in [0.25, 0.3) is 11.8 Å². The number of carbonyl (C=O) groups excluding carboxylic acids is 3. The first kappa shape index (κ1) is 26.1. The van der Waals surface area contributed by atoms with Crippen molar-refractivity contribution in [1.29, 1.82) is 0 Å². The van der Waals surface area contributed by atoms with Crippen LogP contribution in [0.2, 0.25) is 0 Å². The van der Waals surface area contributed by atoms with Gasteiger partial charge in [-0.1, -0.05) is 51.1 Å². The quantitative estimate of drug-likeness (QED) is 0.231. The molecule has 0 radical (unpaired) electrons. The van der Waals surface area contributed by atoms with E-state index in [-0.39, 0.29) is 45.0 Å². The lowest BCUT2D eigenvalue weighted by molar-refractivity contribution is 0.0608. The van der Waals surface area contributed by atoms with Crippen molar-refractivity contribution in [2.75, 3.05) is 0 Å². The number of carbonyl (C=O) groups is 3. The van der Waals surface area contributed by atoms with Crippen LogP contribution in [0.5, 0.6) is 5.75 Å². The molecule has 1 aliphatic rings. The first-order valence-electron chi connectivity index (χ1n) is 12.8. The average Bonchev–Trinajstić information content (AvgIpc) is 3.14. The van der Waals surface area contributed by atoms with Crippen molar-refractivity contribution in [3.05, 3.63) is 98.7 Å². The SMILES string of the molecule is Cc1ccc2c(=O)c(OC(=O)c3ccc4c(c3)C(=O)N(C(C)C)C4=O)c(-c3ccc(C(C)(C)C)cc3)oc2c1. The van der Waals surface area contributed by atoms with Crippen LogP contribution in [0.3, 0.4) is 0 Å². The van der Waals surface area contributed by atoms with E-state index in [0.717, 1.165) is 16.0 Å². The van der Waals surface area contributed by atoms with Crippen molar-refractivity contribution >= 4 is 28.8 Å². The Morgan fingerprint density at radius 3 is 2.18 bits per heavy atom. The summed E-state index contributed by atoms with van der Waals surface area (Å²) >= 11 is 0. The van der Waals surface area contributed by atoms with Gasteiger partial charge in [0.05, 0.1) is 22.1 Å². The van der Waals surface area contributed by atoms with Gasteiger partial charge in [-0.25, -0.2) is 4.79 Å². The number of imide groups is 1. The smallest absolute Gasteiger partial charge is 0.343 e. The molecule has 7 heteroatoms. The van der Waals surface area contributed by atoms with Gasteiger partial charge in [0, 0.05) is 11.6 Å². The first-order valence-corrected chi connectivity index (χ1v) is 12.8. The zero-order chi connectivity index (χ0) is 28.2. The van der Waals surface area contributed by atoms with Gasteiger partial charge in [0.1, 0.15) is 5.58 Å². The summed E-state index contributed by atoms with van der Waals surface area (Å²) in [5.41, 5.74) is 2.79. The Balaban J connectivity index is 1.59. The molecule has 0 saturated carbocycles. The molecule has 7 nitrogen and oxygen atoms in total. The van der Waals surface area contributed by atoms with Gasteiger partial charge in [-0.3, -0.25) is 19.3 Å². The molecule has 3 aromatic carbocycles. The Morgan fingerprint density at radius 1 is 0.872 bits per heavy atom. The van der Waals surface area contributed by atoms with Crippen molar-refractivity contribution in [1.82, 2.24) is 4.90 Å². The molecular weight excluding hydrogens is 494 g/mol. The van der Waals surface area contributed by atoms with Crippen LogP contribution in [0.15, 0.2) is 69.9 Å². The Morgan fingerprint density at radius 2 is 1.54 bits per heavy atom. The minimum absolute atomic E-state index is 0.0398. The van der Waals surface area contributed by atoms with Crippen LogP contribution in [0.25, 0.3) is 22.3 Å². The lowest BCUT2D eigenvalue weighted by Gasteiger charge is -2.19. The maximum absolute atomic E-state index is 13.6. The molecule has 2 amide bonds. The number of hydrogen-bond acceptors (Lipinski definition) is 6. The predicted octanol–water partition coefficient (Wildman–Crippen LogP) is 6.29. The predicted molar refractivity (Wildman–Crippen MR) is 148 cm³/mol. The Labute approximate surface area is 226 Å². The normalized spacial score (nSPS) is 13.4. The van der Waals surface area contributed by atoms with E-state index in [4.69, 9.17) is 9.15 Å². The second kappa shape index (κ2) is 9.34. The van der Waals surface area contributed by atoms with Gasteiger partial charge >= 0.3 is 5.97 Å². The maximum atomic E-state index is 13.6. The molecule has 4 aromatic rings. The van der Waals surface area contributed by atoms with E-state index in [9.17, 15) is 19.2 Å². The highest BCUT2D eigenvalue weighted by atomic mass is 16.5. The molecular formula is C32H29NO6. The molecule has 0 bridgehead atoms. The van der Waals surface area contributed by atoms with Crippen molar-refractivity contribution < 1.29 is 23.5 Å². The fourth-order valence-corrected chi connectivity index (χ4v) is 4.69. The molecule has 0 atom stereocenters. The molecule has 0 aliphatic carbocycles. The van der Waals surface area contributed by atoms with Gasteiger partial charge in [-0.05, 0) is 67.6 Å². The monoisotopic (exact) mass is 523 g/mol. The van der Waals surface area contributed by atoms with Gasteiger partial charge in [-0.2, -0.15) is 0 Å². The molecule has 1 aromatic heterocycles. The van der Waals surface area contributed by atoms with Crippen molar-refractivity contribution in [3.63, 3.8) is 0 Å². The van der Waals surface area contributed by atoms with E-state index in [0.29, 0.717) is 11.1 Å². The summed E-state index contributed by atoms with van der Waals surface area (Å²) in [4.78, 5) is 53.5. The fourth-order valence-electron chi connectivity index (χ4n) is 4.69. The standard InChI is InChI=1S/C32H29NO6/c1-17(2)33-29(35)22-14-10-20(16-24(22)30(33)36)31(37)39-28-26(34)23-13-7-18(3)15-25(23)38-27(28)19-8-11-21(12-9-19)32(4,5)6/h7-17H,1-6H3. The molecule has 0 N–H and O–H groups in total. The summed E-state index contributed by atoms with van der Waals surface area (Å²) < 4.78 is 11.9. The highest BCUT2D eigenvalue weighted by Crippen LogP contribution is 2.34. The summed E-state index contributed by atoms with van der Waals surface area (Å²) in [7, 11) is 0.